The van der Waals surface area contributed by atoms with Gasteiger partial charge >= 0.3 is 0 Å². The fraction of sp³-hybridized carbons (Fsp3) is 0.200. The van der Waals surface area contributed by atoms with Crippen molar-refractivity contribution in [2.24, 2.45) is 0 Å². The van der Waals surface area contributed by atoms with E-state index < -0.39 is 6.10 Å². The summed E-state index contributed by atoms with van der Waals surface area (Å²) >= 11 is 1.27. The SMILES string of the molecule is CC[C@@H](Oc1ccccc1)C(=O)Nc1nn2c(-c3cccc(C)c3)nnc2s1. The van der Waals surface area contributed by atoms with Crippen LogP contribution in [0.25, 0.3) is 16.3 Å². The Hall–Kier alpha value is -3.26. The molecule has 2 aromatic carbocycles. The van der Waals surface area contributed by atoms with Crippen molar-refractivity contribution in [3.05, 3.63) is 60.2 Å². The number of hydrogen-bond acceptors (Lipinski definition) is 6. The number of aryl methyl sites for hydroxylation is 1. The Morgan fingerprint density at radius 3 is 2.75 bits per heavy atom. The Morgan fingerprint density at radius 1 is 1.18 bits per heavy atom. The molecule has 4 rings (SSSR count). The number of rotatable bonds is 6. The zero-order chi connectivity index (χ0) is 19.5. The third-order valence-electron chi connectivity index (χ3n) is 4.18. The van der Waals surface area contributed by atoms with Gasteiger partial charge < -0.3 is 4.74 Å². The van der Waals surface area contributed by atoms with E-state index >= 15 is 0 Å². The molecular formula is C20H19N5O2S. The Labute approximate surface area is 166 Å². The topological polar surface area (TPSA) is 81.4 Å². The molecule has 2 aromatic heterocycles. The second-order valence-electron chi connectivity index (χ2n) is 6.31. The fourth-order valence-corrected chi connectivity index (χ4v) is 3.55. The maximum atomic E-state index is 12.6. The maximum Gasteiger partial charge on any atom is 0.267 e. The van der Waals surface area contributed by atoms with Gasteiger partial charge in [0.05, 0.1) is 0 Å². The summed E-state index contributed by atoms with van der Waals surface area (Å²) in [6, 6.07) is 17.3. The third-order valence-corrected chi connectivity index (χ3v) is 5.00. The molecule has 0 aliphatic heterocycles. The first-order valence-electron chi connectivity index (χ1n) is 8.96. The molecule has 142 valence electrons. The zero-order valence-corrected chi connectivity index (χ0v) is 16.3. The van der Waals surface area contributed by atoms with Gasteiger partial charge in [0, 0.05) is 5.56 Å². The largest absolute Gasteiger partial charge is 0.481 e. The molecule has 4 aromatic rings. The number of nitrogens with one attached hydrogen (secondary N) is 1. The molecule has 0 saturated carbocycles. The number of hydrogen-bond donors (Lipinski definition) is 1. The highest BCUT2D eigenvalue weighted by molar-refractivity contribution is 7.20. The lowest BCUT2D eigenvalue weighted by atomic mass is 10.1. The molecule has 2 heterocycles. The van der Waals surface area contributed by atoms with E-state index in [2.05, 4.69) is 20.6 Å². The molecule has 0 aliphatic rings. The van der Waals surface area contributed by atoms with Gasteiger partial charge in [-0.15, -0.1) is 15.3 Å². The minimum Gasteiger partial charge on any atom is -0.481 e. The van der Waals surface area contributed by atoms with E-state index in [1.807, 2.05) is 68.4 Å². The number of fused-ring (bicyclic) bond motifs is 1. The summed E-state index contributed by atoms with van der Waals surface area (Å²) in [5.41, 5.74) is 2.05. The van der Waals surface area contributed by atoms with Crippen LogP contribution >= 0.6 is 11.3 Å². The number of nitrogens with zero attached hydrogens (tertiary/aromatic N) is 4. The highest BCUT2D eigenvalue weighted by atomic mass is 32.1. The van der Waals surface area contributed by atoms with Gasteiger partial charge in [-0.25, -0.2) is 0 Å². The molecule has 0 aliphatic carbocycles. The van der Waals surface area contributed by atoms with Gasteiger partial charge in [0.2, 0.25) is 10.1 Å². The van der Waals surface area contributed by atoms with E-state index in [9.17, 15) is 4.79 Å². The summed E-state index contributed by atoms with van der Waals surface area (Å²) < 4.78 is 7.44. The number of ether oxygens (including phenoxy) is 1. The quantitative estimate of drug-likeness (QED) is 0.536. The molecule has 7 nitrogen and oxygen atoms in total. The minimum absolute atomic E-state index is 0.242. The maximum absolute atomic E-state index is 12.6. The summed E-state index contributed by atoms with van der Waals surface area (Å²) in [5, 5.41) is 16.1. The van der Waals surface area contributed by atoms with Gasteiger partial charge in [0.1, 0.15) is 5.75 Å². The molecular weight excluding hydrogens is 374 g/mol. The highest BCUT2D eigenvalue weighted by Crippen LogP contribution is 2.25. The average Bonchev–Trinajstić information content (AvgIpc) is 3.27. The summed E-state index contributed by atoms with van der Waals surface area (Å²) in [6.07, 6.45) is -0.0627. The van der Waals surface area contributed by atoms with Gasteiger partial charge in [-0.05, 0) is 31.5 Å². The number of para-hydroxylation sites is 1. The molecule has 28 heavy (non-hydrogen) atoms. The van der Waals surface area contributed by atoms with Crippen LogP contribution in [0.3, 0.4) is 0 Å². The predicted octanol–water partition coefficient (Wildman–Crippen LogP) is 3.96. The van der Waals surface area contributed by atoms with Gasteiger partial charge in [-0.3, -0.25) is 10.1 Å². The number of benzene rings is 2. The van der Waals surface area contributed by atoms with Crippen LogP contribution < -0.4 is 10.1 Å². The first-order valence-corrected chi connectivity index (χ1v) is 9.77. The van der Waals surface area contributed by atoms with E-state index in [4.69, 9.17) is 4.74 Å². The van der Waals surface area contributed by atoms with Gasteiger partial charge in [0.15, 0.2) is 11.9 Å². The first kappa shape index (κ1) is 18.1. The molecule has 8 heteroatoms. The number of carbonyl (C=O) groups excluding carboxylic acids is 1. The Bertz CT molecular complexity index is 1110. The lowest BCUT2D eigenvalue weighted by Crippen LogP contribution is -2.32. The number of carbonyl (C=O) groups is 1. The van der Waals surface area contributed by atoms with Crippen molar-refractivity contribution < 1.29 is 9.53 Å². The van der Waals surface area contributed by atoms with Crippen molar-refractivity contribution in [3.63, 3.8) is 0 Å². The summed E-state index contributed by atoms with van der Waals surface area (Å²) in [7, 11) is 0. The highest BCUT2D eigenvalue weighted by Gasteiger charge is 2.21. The molecule has 1 atom stereocenters. The normalized spacial score (nSPS) is 12.1. The van der Waals surface area contributed by atoms with Crippen molar-refractivity contribution >= 4 is 27.3 Å². The molecule has 1 N–H and O–H groups in total. The molecule has 0 saturated heterocycles. The molecule has 0 bridgehead atoms. The second kappa shape index (κ2) is 7.77. The van der Waals surface area contributed by atoms with Crippen LogP contribution in [0.15, 0.2) is 54.6 Å². The lowest BCUT2D eigenvalue weighted by Gasteiger charge is -2.16. The van der Waals surface area contributed by atoms with E-state index in [-0.39, 0.29) is 5.91 Å². The Balaban J connectivity index is 1.54. The van der Waals surface area contributed by atoms with Crippen LogP contribution in [0.5, 0.6) is 5.75 Å². The van der Waals surface area contributed by atoms with E-state index in [0.717, 1.165) is 11.1 Å². The molecule has 0 spiro atoms. The van der Waals surface area contributed by atoms with E-state index in [0.29, 0.717) is 28.1 Å². The van der Waals surface area contributed by atoms with Crippen LogP contribution in [0.2, 0.25) is 0 Å². The number of aromatic nitrogens is 4. The predicted molar refractivity (Wildman–Crippen MR) is 109 cm³/mol. The van der Waals surface area contributed by atoms with Gasteiger partial charge in [0.25, 0.3) is 5.91 Å². The van der Waals surface area contributed by atoms with E-state index in [1.165, 1.54) is 11.3 Å². The zero-order valence-electron chi connectivity index (χ0n) is 15.5. The van der Waals surface area contributed by atoms with Gasteiger partial charge in [-0.2, -0.15) is 4.52 Å². The standard InChI is InChI=1S/C20H19N5O2S/c1-3-16(27-15-10-5-4-6-11-15)18(26)21-19-24-25-17(22-23-20(25)28-19)14-9-7-8-13(2)12-14/h4-12,16H,3H2,1-2H3,(H,21,24,26)/t16-/m1/s1. The minimum atomic E-state index is -0.604. The summed E-state index contributed by atoms with van der Waals surface area (Å²) in [6.45, 7) is 3.92. The Kier molecular flexibility index (Phi) is 5.03. The van der Waals surface area contributed by atoms with Crippen molar-refractivity contribution in [1.82, 2.24) is 19.8 Å². The van der Waals surface area contributed by atoms with Crippen molar-refractivity contribution in [1.29, 1.82) is 0 Å². The van der Waals surface area contributed by atoms with E-state index in [1.54, 1.807) is 4.52 Å². The summed E-state index contributed by atoms with van der Waals surface area (Å²) in [4.78, 5) is 13.2. The van der Waals surface area contributed by atoms with Crippen molar-refractivity contribution in [2.75, 3.05) is 5.32 Å². The molecule has 1 amide bonds. The van der Waals surface area contributed by atoms with Crippen LogP contribution in [0.4, 0.5) is 5.13 Å². The second-order valence-corrected chi connectivity index (χ2v) is 7.27. The molecule has 0 fully saturated rings. The average molecular weight is 393 g/mol. The van der Waals surface area contributed by atoms with Crippen LogP contribution in [0, 0.1) is 6.92 Å². The molecule has 0 unspecified atom stereocenters. The van der Waals surface area contributed by atoms with Crippen molar-refractivity contribution in [3.8, 4) is 17.1 Å². The third kappa shape index (κ3) is 3.72. The number of anilines is 1. The Morgan fingerprint density at radius 2 is 2.00 bits per heavy atom. The van der Waals surface area contributed by atoms with Crippen molar-refractivity contribution in [2.45, 2.75) is 26.4 Å². The van der Waals surface area contributed by atoms with Crippen LogP contribution in [-0.2, 0) is 4.79 Å². The van der Waals surface area contributed by atoms with Crippen LogP contribution in [0.1, 0.15) is 18.9 Å². The lowest BCUT2D eigenvalue weighted by molar-refractivity contribution is -0.122. The smallest absolute Gasteiger partial charge is 0.267 e. The number of amides is 1. The van der Waals surface area contributed by atoms with Gasteiger partial charge in [-0.1, -0.05) is 60.2 Å². The molecule has 0 radical (unpaired) electrons. The fourth-order valence-electron chi connectivity index (χ4n) is 2.80. The summed E-state index contributed by atoms with van der Waals surface area (Å²) in [5.74, 6) is 1.06. The first-order chi connectivity index (χ1) is 13.6. The monoisotopic (exact) mass is 393 g/mol. The van der Waals surface area contributed by atoms with Crippen LogP contribution in [-0.4, -0.2) is 31.8 Å².